The largest absolute Gasteiger partial charge is 0.351 e. The third kappa shape index (κ3) is 3.01. The predicted molar refractivity (Wildman–Crippen MR) is 71.9 cm³/mol. The smallest absolute Gasteiger partial charge is 0.254 e. The van der Waals surface area contributed by atoms with Gasteiger partial charge in [0, 0.05) is 15.8 Å². The second-order valence-corrected chi connectivity index (χ2v) is 6.38. The highest BCUT2D eigenvalue weighted by molar-refractivity contribution is 9.10. The van der Waals surface area contributed by atoms with Gasteiger partial charge in [-0.05, 0) is 37.3 Å². The molecule has 2 rings (SSSR count). The van der Waals surface area contributed by atoms with Crippen molar-refractivity contribution in [2.75, 3.05) is 12.8 Å². The van der Waals surface area contributed by atoms with Crippen molar-refractivity contribution in [1.29, 1.82) is 0 Å². The number of hydrogen-bond donors (Lipinski definition) is 1. The third-order valence-corrected chi connectivity index (χ3v) is 4.90. The summed E-state index contributed by atoms with van der Waals surface area (Å²) in [6.45, 7) is 0.614. The third-order valence-electron chi connectivity index (χ3n) is 2.99. The molecular weight excluding hydrogens is 305 g/mol. The molecule has 5 heteroatoms. The maximum Gasteiger partial charge on any atom is 0.254 e. The van der Waals surface area contributed by atoms with Crippen LogP contribution in [0.3, 0.4) is 0 Å². The molecule has 1 N–H and O–H groups in total. The molecule has 0 aromatic heterocycles. The van der Waals surface area contributed by atoms with Crippen molar-refractivity contribution in [1.82, 2.24) is 5.32 Å². The number of amides is 1. The molecule has 1 aliphatic rings. The Bertz CT molecular complexity index is 448. The molecule has 1 fully saturated rings. The molecule has 0 heterocycles. The van der Waals surface area contributed by atoms with Gasteiger partial charge in [0.2, 0.25) is 0 Å². The molecule has 1 saturated carbocycles. The van der Waals surface area contributed by atoms with Crippen LogP contribution >= 0.6 is 27.7 Å². The van der Waals surface area contributed by atoms with E-state index >= 15 is 0 Å². The number of benzene rings is 1. The highest BCUT2D eigenvalue weighted by Crippen LogP contribution is 2.46. The Morgan fingerprint density at radius 2 is 2.29 bits per heavy atom. The highest BCUT2D eigenvalue weighted by Gasteiger charge is 2.42. The van der Waals surface area contributed by atoms with Crippen LogP contribution in [0.4, 0.5) is 4.39 Å². The summed E-state index contributed by atoms with van der Waals surface area (Å²) in [6.07, 6.45) is 4.29. The summed E-state index contributed by atoms with van der Waals surface area (Å²) < 4.78 is 14.4. The molecule has 0 atom stereocenters. The zero-order valence-corrected chi connectivity index (χ0v) is 11.8. The first-order chi connectivity index (χ1) is 8.06. The van der Waals surface area contributed by atoms with Gasteiger partial charge in [-0.25, -0.2) is 4.39 Å². The lowest BCUT2D eigenvalue weighted by atomic mass is 10.2. The molecule has 2 nitrogen and oxygen atoms in total. The topological polar surface area (TPSA) is 29.1 Å². The first kappa shape index (κ1) is 12.9. The van der Waals surface area contributed by atoms with E-state index in [-0.39, 0.29) is 16.2 Å². The van der Waals surface area contributed by atoms with Crippen molar-refractivity contribution in [3.63, 3.8) is 0 Å². The second-order valence-electron chi connectivity index (χ2n) is 4.19. The van der Waals surface area contributed by atoms with E-state index in [1.165, 1.54) is 12.1 Å². The first-order valence-corrected chi connectivity index (χ1v) is 7.36. The number of nitrogens with one attached hydrogen (secondary N) is 1. The Labute approximate surface area is 112 Å². The fourth-order valence-corrected chi connectivity index (χ4v) is 2.66. The van der Waals surface area contributed by atoms with Gasteiger partial charge < -0.3 is 5.32 Å². The summed E-state index contributed by atoms with van der Waals surface area (Å²) in [5.74, 6) is -0.832. The lowest BCUT2D eigenvalue weighted by Crippen LogP contribution is -2.32. The van der Waals surface area contributed by atoms with Crippen LogP contribution in [0.5, 0.6) is 0 Å². The molecule has 0 unspecified atom stereocenters. The maximum atomic E-state index is 13.5. The van der Waals surface area contributed by atoms with Gasteiger partial charge in [0.15, 0.2) is 0 Å². The molecule has 17 heavy (non-hydrogen) atoms. The summed E-state index contributed by atoms with van der Waals surface area (Å²) in [6, 6.07) is 4.46. The molecule has 0 bridgehead atoms. The van der Waals surface area contributed by atoms with Crippen LogP contribution in [0.1, 0.15) is 23.2 Å². The maximum absolute atomic E-state index is 13.5. The van der Waals surface area contributed by atoms with Gasteiger partial charge in [-0.3, -0.25) is 4.79 Å². The molecule has 1 aliphatic carbocycles. The Balaban J connectivity index is 2.00. The van der Waals surface area contributed by atoms with Crippen molar-refractivity contribution >= 4 is 33.6 Å². The molecule has 0 spiro atoms. The molecule has 0 radical (unpaired) electrons. The standard InChI is InChI=1S/C12H13BrFNOS/c1-17-12(4-5-12)7-15-11(16)9-3-2-8(13)6-10(9)14/h2-3,6H,4-5,7H2,1H3,(H,15,16). The Hall–Kier alpha value is -0.550. The van der Waals surface area contributed by atoms with Crippen molar-refractivity contribution in [3.05, 3.63) is 34.1 Å². The van der Waals surface area contributed by atoms with Crippen LogP contribution in [0.15, 0.2) is 22.7 Å². The summed E-state index contributed by atoms with van der Waals surface area (Å²) in [4.78, 5) is 11.8. The van der Waals surface area contributed by atoms with E-state index in [0.717, 1.165) is 12.8 Å². The Morgan fingerprint density at radius 1 is 1.59 bits per heavy atom. The lowest BCUT2D eigenvalue weighted by molar-refractivity contribution is 0.0949. The zero-order valence-electron chi connectivity index (χ0n) is 9.43. The number of hydrogen-bond acceptors (Lipinski definition) is 2. The highest BCUT2D eigenvalue weighted by atomic mass is 79.9. The number of rotatable bonds is 4. The fraction of sp³-hybridized carbons (Fsp3) is 0.417. The summed E-state index contributed by atoms with van der Waals surface area (Å²) in [5.41, 5.74) is 0.102. The first-order valence-electron chi connectivity index (χ1n) is 5.35. The van der Waals surface area contributed by atoms with Gasteiger partial charge in [0.1, 0.15) is 5.82 Å². The molecule has 0 saturated heterocycles. The summed E-state index contributed by atoms with van der Waals surface area (Å²) >= 11 is 4.93. The van der Waals surface area contributed by atoms with Crippen LogP contribution in [-0.4, -0.2) is 23.5 Å². The molecular formula is C12H13BrFNOS. The van der Waals surface area contributed by atoms with Gasteiger partial charge >= 0.3 is 0 Å². The number of carbonyl (C=O) groups excluding carboxylic acids is 1. The minimum atomic E-state index is -0.495. The van der Waals surface area contributed by atoms with E-state index in [0.29, 0.717) is 11.0 Å². The van der Waals surface area contributed by atoms with E-state index in [9.17, 15) is 9.18 Å². The fourth-order valence-electron chi connectivity index (χ4n) is 1.60. The van der Waals surface area contributed by atoms with E-state index in [4.69, 9.17) is 0 Å². The van der Waals surface area contributed by atoms with E-state index in [1.54, 1.807) is 17.8 Å². The minimum Gasteiger partial charge on any atom is -0.351 e. The van der Waals surface area contributed by atoms with Gasteiger partial charge in [-0.1, -0.05) is 15.9 Å². The van der Waals surface area contributed by atoms with E-state index < -0.39 is 5.82 Å². The van der Waals surface area contributed by atoms with Gasteiger partial charge in [0.05, 0.1) is 5.56 Å². The lowest BCUT2D eigenvalue weighted by Gasteiger charge is -2.13. The van der Waals surface area contributed by atoms with E-state index in [2.05, 4.69) is 21.2 Å². The molecule has 92 valence electrons. The average Bonchev–Trinajstić information content (AvgIpc) is 3.07. The number of halogens is 2. The monoisotopic (exact) mass is 317 g/mol. The zero-order chi connectivity index (χ0) is 12.5. The Morgan fingerprint density at radius 3 is 2.82 bits per heavy atom. The van der Waals surface area contributed by atoms with E-state index in [1.807, 2.05) is 6.26 Å². The van der Waals surface area contributed by atoms with Crippen molar-refractivity contribution in [2.45, 2.75) is 17.6 Å². The van der Waals surface area contributed by atoms with Crippen molar-refractivity contribution in [3.8, 4) is 0 Å². The predicted octanol–water partition coefficient (Wildman–Crippen LogP) is 3.21. The van der Waals surface area contributed by atoms with Crippen LogP contribution < -0.4 is 5.32 Å². The average molecular weight is 318 g/mol. The summed E-state index contributed by atoms with van der Waals surface area (Å²) in [7, 11) is 0. The SMILES string of the molecule is CSC1(CNC(=O)c2ccc(Br)cc2F)CC1. The van der Waals surface area contributed by atoms with Gasteiger partial charge in [-0.15, -0.1) is 0 Å². The normalized spacial score (nSPS) is 16.6. The number of carbonyl (C=O) groups is 1. The van der Waals surface area contributed by atoms with Gasteiger partial charge in [0.25, 0.3) is 5.91 Å². The quantitative estimate of drug-likeness (QED) is 0.923. The molecule has 1 aromatic rings. The Kier molecular flexibility index (Phi) is 3.78. The number of thioether (sulfide) groups is 1. The van der Waals surface area contributed by atoms with Crippen LogP contribution in [0.2, 0.25) is 0 Å². The van der Waals surface area contributed by atoms with Crippen molar-refractivity contribution < 1.29 is 9.18 Å². The van der Waals surface area contributed by atoms with Crippen LogP contribution in [0.25, 0.3) is 0 Å². The molecule has 0 aliphatic heterocycles. The van der Waals surface area contributed by atoms with Crippen LogP contribution in [0, 0.1) is 5.82 Å². The minimum absolute atomic E-state index is 0.102. The molecule has 1 amide bonds. The second kappa shape index (κ2) is 4.98. The molecule has 1 aromatic carbocycles. The van der Waals surface area contributed by atoms with Gasteiger partial charge in [-0.2, -0.15) is 11.8 Å². The van der Waals surface area contributed by atoms with Crippen LogP contribution in [-0.2, 0) is 0 Å². The van der Waals surface area contributed by atoms with Crippen molar-refractivity contribution in [2.24, 2.45) is 0 Å². The summed E-state index contributed by atoms with van der Waals surface area (Å²) in [5, 5.41) is 2.80.